The van der Waals surface area contributed by atoms with E-state index in [2.05, 4.69) is 45.6 Å². The third-order valence-electron chi connectivity index (χ3n) is 8.21. The van der Waals surface area contributed by atoms with Crippen molar-refractivity contribution in [3.8, 4) is 0 Å². The van der Waals surface area contributed by atoms with Gasteiger partial charge in [-0.2, -0.15) is 0 Å². The van der Waals surface area contributed by atoms with Gasteiger partial charge >= 0.3 is 0 Å². The summed E-state index contributed by atoms with van der Waals surface area (Å²) in [5.41, 5.74) is 1.13. The van der Waals surface area contributed by atoms with Gasteiger partial charge in [-0.05, 0) is 57.3 Å². The SMILES string of the molecule is CCC(C(=O)N1CCC(N2CCC(C(=O)N3CCN(CC)CC3)CC2)CC1)c1ccccc1. The number of piperidine rings is 2. The molecular weight excluding hydrogens is 412 g/mol. The number of rotatable bonds is 6. The summed E-state index contributed by atoms with van der Waals surface area (Å²) in [6.45, 7) is 12.9. The molecule has 0 radical (unpaired) electrons. The van der Waals surface area contributed by atoms with Crippen molar-refractivity contribution in [3.63, 3.8) is 0 Å². The zero-order valence-electron chi connectivity index (χ0n) is 20.6. The molecule has 4 rings (SSSR count). The van der Waals surface area contributed by atoms with Crippen molar-refractivity contribution in [3.05, 3.63) is 35.9 Å². The fraction of sp³-hybridized carbons (Fsp3) is 0.704. The first-order chi connectivity index (χ1) is 16.1. The lowest BCUT2D eigenvalue weighted by Crippen LogP contribution is -2.53. The van der Waals surface area contributed by atoms with E-state index in [4.69, 9.17) is 0 Å². The monoisotopic (exact) mass is 454 g/mol. The number of amides is 2. The summed E-state index contributed by atoms with van der Waals surface area (Å²) in [4.78, 5) is 35.4. The average Bonchev–Trinajstić information content (AvgIpc) is 2.89. The predicted octanol–water partition coefficient (Wildman–Crippen LogP) is 3.05. The molecule has 3 aliphatic heterocycles. The second kappa shape index (κ2) is 11.5. The van der Waals surface area contributed by atoms with Gasteiger partial charge < -0.3 is 19.6 Å². The normalized spacial score (nSPS) is 23.0. The smallest absolute Gasteiger partial charge is 0.230 e. The van der Waals surface area contributed by atoms with Gasteiger partial charge in [0.1, 0.15) is 0 Å². The Morgan fingerprint density at radius 1 is 0.818 bits per heavy atom. The summed E-state index contributed by atoms with van der Waals surface area (Å²) in [7, 11) is 0. The number of likely N-dealkylation sites (tertiary alicyclic amines) is 2. The van der Waals surface area contributed by atoms with E-state index in [1.165, 1.54) is 0 Å². The molecule has 0 aromatic heterocycles. The van der Waals surface area contributed by atoms with E-state index in [9.17, 15) is 9.59 Å². The zero-order chi connectivity index (χ0) is 23.2. The zero-order valence-corrected chi connectivity index (χ0v) is 20.6. The maximum atomic E-state index is 13.2. The number of likely N-dealkylation sites (N-methyl/N-ethyl adjacent to an activating group) is 1. The van der Waals surface area contributed by atoms with E-state index in [1.807, 2.05) is 18.2 Å². The molecule has 0 aliphatic carbocycles. The Morgan fingerprint density at radius 3 is 2.03 bits per heavy atom. The lowest BCUT2D eigenvalue weighted by molar-refractivity contribution is -0.139. The second-order valence-electron chi connectivity index (χ2n) is 10.00. The van der Waals surface area contributed by atoms with Crippen LogP contribution in [0.5, 0.6) is 0 Å². The Bertz CT molecular complexity index is 762. The van der Waals surface area contributed by atoms with Crippen molar-refractivity contribution in [1.29, 1.82) is 0 Å². The van der Waals surface area contributed by atoms with Crippen LogP contribution < -0.4 is 0 Å². The maximum absolute atomic E-state index is 13.2. The van der Waals surface area contributed by atoms with Crippen LogP contribution in [0.4, 0.5) is 0 Å². The highest BCUT2D eigenvalue weighted by molar-refractivity contribution is 5.83. The number of hydrogen-bond acceptors (Lipinski definition) is 4. The molecule has 1 atom stereocenters. The summed E-state index contributed by atoms with van der Waals surface area (Å²) in [5, 5.41) is 0. The molecule has 3 aliphatic rings. The van der Waals surface area contributed by atoms with Gasteiger partial charge in [0.2, 0.25) is 11.8 Å². The Balaban J connectivity index is 1.22. The minimum absolute atomic E-state index is 0.0244. The Kier molecular flexibility index (Phi) is 8.42. The largest absolute Gasteiger partial charge is 0.342 e. The van der Waals surface area contributed by atoms with Crippen LogP contribution in [0.15, 0.2) is 30.3 Å². The molecule has 1 unspecified atom stereocenters. The molecule has 182 valence electrons. The highest BCUT2D eigenvalue weighted by Crippen LogP contribution is 2.28. The second-order valence-corrected chi connectivity index (χ2v) is 10.00. The van der Waals surface area contributed by atoms with Crippen molar-refractivity contribution >= 4 is 11.8 Å². The molecule has 2 amide bonds. The van der Waals surface area contributed by atoms with Gasteiger partial charge in [-0.3, -0.25) is 9.59 Å². The molecule has 0 saturated carbocycles. The molecule has 33 heavy (non-hydrogen) atoms. The minimum Gasteiger partial charge on any atom is -0.342 e. The van der Waals surface area contributed by atoms with Gasteiger partial charge in [0.25, 0.3) is 0 Å². The van der Waals surface area contributed by atoms with E-state index in [-0.39, 0.29) is 17.7 Å². The number of carbonyl (C=O) groups is 2. The fourth-order valence-corrected chi connectivity index (χ4v) is 5.96. The minimum atomic E-state index is -0.0244. The Morgan fingerprint density at radius 2 is 1.45 bits per heavy atom. The van der Waals surface area contributed by atoms with Gasteiger partial charge in [-0.25, -0.2) is 0 Å². The summed E-state index contributed by atoms with van der Waals surface area (Å²) < 4.78 is 0. The molecule has 0 N–H and O–H groups in total. The first-order valence-electron chi connectivity index (χ1n) is 13.2. The molecule has 0 bridgehead atoms. The van der Waals surface area contributed by atoms with E-state index >= 15 is 0 Å². The standard InChI is InChI=1S/C27H42N4O2/c1-3-25(22-8-6-5-7-9-22)27(33)30-16-12-24(13-17-30)29-14-10-23(11-15-29)26(32)31-20-18-28(4-2)19-21-31/h5-9,23-25H,3-4,10-21H2,1-2H3. The molecule has 3 fully saturated rings. The van der Waals surface area contributed by atoms with Crippen LogP contribution in [0.1, 0.15) is 57.4 Å². The highest BCUT2D eigenvalue weighted by atomic mass is 16.2. The van der Waals surface area contributed by atoms with Crippen LogP contribution in [-0.2, 0) is 9.59 Å². The third-order valence-corrected chi connectivity index (χ3v) is 8.21. The van der Waals surface area contributed by atoms with Crippen LogP contribution in [-0.4, -0.2) is 96.4 Å². The summed E-state index contributed by atoms with van der Waals surface area (Å²) >= 11 is 0. The van der Waals surface area contributed by atoms with Crippen LogP contribution in [0.3, 0.4) is 0 Å². The first kappa shape index (κ1) is 24.2. The molecule has 3 saturated heterocycles. The van der Waals surface area contributed by atoms with Crippen molar-refractivity contribution in [2.75, 3.05) is 58.9 Å². The number of hydrogen-bond donors (Lipinski definition) is 0. The molecule has 1 aromatic carbocycles. The highest BCUT2D eigenvalue weighted by Gasteiger charge is 2.34. The quantitative estimate of drug-likeness (QED) is 0.663. The molecule has 3 heterocycles. The topological polar surface area (TPSA) is 47.1 Å². The number of piperazine rings is 1. The fourth-order valence-electron chi connectivity index (χ4n) is 5.96. The summed E-state index contributed by atoms with van der Waals surface area (Å²) in [5.74, 6) is 0.850. The first-order valence-corrected chi connectivity index (χ1v) is 13.2. The van der Waals surface area contributed by atoms with E-state index < -0.39 is 0 Å². The third kappa shape index (κ3) is 5.78. The van der Waals surface area contributed by atoms with Gasteiger partial charge in [0.15, 0.2) is 0 Å². The van der Waals surface area contributed by atoms with Crippen LogP contribution in [0.2, 0.25) is 0 Å². The van der Waals surface area contributed by atoms with Gasteiger partial charge in [-0.15, -0.1) is 0 Å². The number of benzene rings is 1. The molecule has 0 spiro atoms. The number of nitrogens with zero attached hydrogens (tertiary/aromatic N) is 4. The van der Waals surface area contributed by atoms with Gasteiger partial charge in [-0.1, -0.05) is 44.2 Å². The van der Waals surface area contributed by atoms with Crippen molar-refractivity contribution in [1.82, 2.24) is 19.6 Å². The molecule has 1 aromatic rings. The predicted molar refractivity (Wildman–Crippen MR) is 132 cm³/mol. The summed E-state index contributed by atoms with van der Waals surface area (Å²) in [6.07, 6.45) is 4.91. The van der Waals surface area contributed by atoms with Crippen molar-refractivity contribution in [2.24, 2.45) is 5.92 Å². The van der Waals surface area contributed by atoms with Crippen molar-refractivity contribution in [2.45, 2.75) is 57.9 Å². The van der Waals surface area contributed by atoms with Crippen LogP contribution in [0.25, 0.3) is 0 Å². The molecular formula is C27H42N4O2. The molecule has 6 nitrogen and oxygen atoms in total. The number of carbonyl (C=O) groups excluding carboxylic acids is 2. The van der Waals surface area contributed by atoms with E-state index in [0.29, 0.717) is 11.9 Å². The van der Waals surface area contributed by atoms with Crippen LogP contribution in [0, 0.1) is 5.92 Å². The lowest BCUT2D eigenvalue weighted by Gasteiger charge is -2.43. The summed E-state index contributed by atoms with van der Waals surface area (Å²) in [6, 6.07) is 10.8. The van der Waals surface area contributed by atoms with Gasteiger partial charge in [0, 0.05) is 51.2 Å². The van der Waals surface area contributed by atoms with E-state index in [0.717, 1.165) is 96.6 Å². The molecule has 6 heteroatoms. The Hall–Kier alpha value is -1.92. The van der Waals surface area contributed by atoms with E-state index in [1.54, 1.807) is 0 Å². The maximum Gasteiger partial charge on any atom is 0.230 e. The Labute approximate surface area is 199 Å². The lowest BCUT2D eigenvalue weighted by atomic mass is 9.91. The van der Waals surface area contributed by atoms with Gasteiger partial charge in [0.05, 0.1) is 5.92 Å². The van der Waals surface area contributed by atoms with Crippen LogP contribution >= 0.6 is 0 Å². The average molecular weight is 455 g/mol. The van der Waals surface area contributed by atoms with Crippen molar-refractivity contribution < 1.29 is 9.59 Å².